The Bertz CT molecular complexity index is 609. The molecule has 0 aliphatic heterocycles. The second kappa shape index (κ2) is 6.54. The highest BCUT2D eigenvalue weighted by Gasteiger charge is 2.08. The summed E-state index contributed by atoms with van der Waals surface area (Å²) in [6.07, 6.45) is 4.09. The number of hydrogen-bond donors (Lipinski definition) is 2. The van der Waals surface area contributed by atoms with Crippen LogP contribution >= 0.6 is 11.6 Å². The zero-order valence-corrected chi connectivity index (χ0v) is 12.0. The second-order valence-corrected chi connectivity index (χ2v) is 4.91. The van der Waals surface area contributed by atoms with Gasteiger partial charge in [0, 0.05) is 12.7 Å². The van der Waals surface area contributed by atoms with Gasteiger partial charge in [-0.05, 0) is 30.7 Å². The van der Waals surface area contributed by atoms with Gasteiger partial charge in [-0.15, -0.1) is 0 Å². The van der Waals surface area contributed by atoms with E-state index in [9.17, 15) is 4.79 Å². The number of aromatic nitrogens is 2. The molecule has 1 amide bonds. The maximum atomic E-state index is 11.1. The minimum Gasteiger partial charge on any atom is -0.366 e. The molecule has 0 spiro atoms. The molecular formula is C14H17ClN4O. The molecule has 1 aromatic carbocycles. The van der Waals surface area contributed by atoms with E-state index in [0.29, 0.717) is 10.6 Å². The largest absolute Gasteiger partial charge is 0.366 e. The number of nitrogens with two attached hydrogens (primary N) is 1. The van der Waals surface area contributed by atoms with E-state index >= 15 is 0 Å². The number of carbonyl (C=O) groups is 1. The summed E-state index contributed by atoms with van der Waals surface area (Å²) < 4.78 is 1.55. The fraction of sp³-hybridized carbons (Fsp3) is 0.286. The van der Waals surface area contributed by atoms with Crippen LogP contribution in [-0.4, -0.2) is 22.2 Å². The van der Waals surface area contributed by atoms with Gasteiger partial charge in [0.25, 0.3) is 5.91 Å². The second-order valence-electron chi connectivity index (χ2n) is 4.50. The molecule has 20 heavy (non-hydrogen) atoms. The Morgan fingerprint density at radius 2 is 2.30 bits per heavy atom. The summed E-state index contributed by atoms with van der Waals surface area (Å²) in [5.41, 5.74) is 7.38. The molecule has 106 valence electrons. The third-order valence-corrected chi connectivity index (χ3v) is 3.18. The molecule has 0 fully saturated rings. The van der Waals surface area contributed by atoms with Crippen molar-refractivity contribution in [1.29, 1.82) is 0 Å². The molecule has 1 heterocycles. The van der Waals surface area contributed by atoms with Crippen LogP contribution in [0.3, 0.4) is 0 Å². The van der Waals surface area contributed by atoms with Crippen molar-refractivity contribution in [2.75, 3.05) is 6.54 Å². The van der Waals surface area contributed by atoms with Gasteiger partial charge in [0.1, 0.15) is 0 Å². The fourth-order valence-electron chi connectivity index (χ4n) is 1.84. The molecule has 2 rings (SSSR count). The van der Waals surface area contributed by atoms with E-state index in [2.05, 4.69) is 17.3 Å². The van der Waals surface area contributed by atoms with E-state index in [0.717, 1.165) is 30.8 Å². The Balaban J connectivity index is 2.18. The summed E-state index contributed by atoms with van der Waals surface area (Å²) in [5.74, 6) is -0.507. The van der Waals surface area contributed by atoms with E-state index in [1.54, 1.807) is 10.9 Å². The lowest BCUT2D eigenvalue weighted by molar-refractivity contribution is 0.100. The summed E-state index contributed by atoms with van der Waals surface area (Å²) in [6, 6.07) is 5.75. The average molecular weight is 293 g/mol. The van der Waals surface area contributed by atoms with E-state index in [1.807, 2.05) is 18.2 Å². The summed E-state index contributed by atoms with van der Waals surface area (Å²) in [7, 11) is 0. The van der Waals surface area contributed by atoms with Gasteiger partial charge in [-0.3, -0.25) is 4.79 Å². The van der Waals surface area contributed by atoms with E-state index in [4.69, 9.17) is 17.3 Å². The Labute approximate surface area is 122 Å². The number of hydrogen-bond acceptors (Lipinski definition) is 3. The first kappa shape index (κ1) is 14.6. The minimum absolute atomic E-state index is 0.356. The maximum absolute atomic E-state index is 11.1. The van der Waals surface area contributed by atoms with Gasteiger partial charge in [0.2, 0.25) is 0 Å². The first-order valence-electron chi connectivity index (χ1n) is 6.45. The van der Waals surface area contributed by atoms with Crippen LogP contribution in [0.2, 0.25) is 5.02 Å². The molecule has 0 atom stereocenters. The number of halogens is 1. The quantitative estimate of drug-likeness (QED) is 0.801. The number of primary amides is 1. The topological polar surface area (TPSA) is 72.9 Å². The SMILES string of the molecule is CCCNCc1ccc(-n2cc(C(N)=O)cn2)c(Cl)c1. The van der Waals surface area contributed by atoms with Crippen LogP contribution in [0.15, 0.2) is 30.6 Å². The van der Waals surface area contributed by atoms with Gasteiger partial charge in [0.05, 0.1) is 22.5 Å². The lowest BCUT2D eigenvalue weighted by Gasteiger charge is -2.08. The highest BCUT2D eigenvalue weighted by molar-refractivity contribution is 6.32. The third-order valence-electron chi connectivity index (χ3n) is 2.88. The van der Waals surface area contributed by atoms with Crippen molar-refractivity contribution in [3.63, 3.8) is 0 Å². The summed E-state index contributed by atoms with van der Waals surface area (Å²) in [6.45, 7) is 3.87. The molecule has 0 saturated heterocycles. The maximum Gasteiger partial charge on any atom is 0.251 e. The Morgan fingerprint density at radius 1 is 1.50 bits per heavy atom. The molecule has 0 unspecified atom stereocenters. The van der Waals surface area contributed by atoms with Crippen molar-refractivity contribution in [3.05, 3.63) is 46.7 Å². The zero-order chi connectivity index (χ0) is 14.5. The lowest BCUT2D eigenvalue weighted by atomic mass is 10.2. The molecule has 1 aromatic heterocycles. The molecule has 0 saturated carbocycles. The number of carbonyl (C=O) groups excluding carboxylic acids is 1. The summed E-state index contributed by atoms with van der Waals surface area (Å²) in [4.78, 5) is 11.1. The summed E-state index contributed by atoms with van der Waals surface area (Å²) in [5, 5.41) is 7.99. The molecule has 5 nitrogen and oxygen atoms in total. The zero-order valence-electron chi connectivity index (χ0n) is 11.3. The van der Waals surface area contributed by atoms with Gasteiger partial charge in [0.15, 0.2) is 0 Å². The van der Waals surface area contributed by atoms with Crippen LogP contribution in [0.5, 0.6) is 0 Å². The fourth-order valence-corrected chi connectivity index (χ4v) is 2.13. The lowest BCUT2D eigenvalue weighted by Crippen LogP contribution is -2.13. The Hall–Kier alpha value is -1.85. The smallest absolute Gasteiger partial charge is 0.251 e. The van der Waals surface area contributed by atoms with Gasteiger partial charge in [-0.2, -0.15) is 5.10 Å². The van der Waals surface area contributed by atoms with E-state index < -0.39 is 5.91 Å². The van der Waals surface area contributed by atoms with E-state index in [1.165, 1.54) is 6.20 Å². The molecule has 0 radical (unpaired) electrons. The molecule has 2 aromatic rings. The van der Waals surface area contributed by atoms with Crippen LogP contribution in [0.1, 0.15) is 29.3 Å². The molecule has 0 bridgehead atoms. The van der Waals surface area contributed by atoms with Crippen molar-refractivity contribution < 1.29 is 4.79 Å². The van der Waals surface area contributed by atoms with Crippen molar-refractivity contribution >= 4 is 17.5 Å². The van der Waals surface area contributed by atoms with Gasteiger partial charge in [-0.1, -0.05) is 24.6 Å². The number of nitrogens with zero attached hydrogens (tertiary/aromatic N) is 2. The van der Waals surface area contributed by atoms with Gasteiger partial charge >= 0.3 is 0 Å². The molecule has 0 aliphatic carbocycles. The predicted molar refractivity (Wildman–Crippen MR) is 79.1 cm³/mol. The monoisotopic (exact) mass is 292 g/mol. The molecule has 6 heteroatoms. The van der Waals surface area contributed by atoms with Gasteiger partial charge in [-0.25, -0.2) is 4.68 Å². The Morgan fingerprint density at radius 3 is 2.90 bits per heavy atom. The third kappa shape index (κ3) is 3.37. The minimum atomic E-state index is -0.507. The first-order valence-corrected chi connectivity index (χ1v) is 6.83. The number of rotatable bonds is 6. The Kier molecular flexibility index (Phi) is 4.76. The van der Waals surface area contributed by atoms with Gasteiger partial charge < -0.3 is 11.1 Å². The van der Waals surface area contributed by atoms with Crippen LogP contribution in [-0.2, 0) is 6.54 Å². The first-order chi connectivity index (χ1) is 9.61. The van der Waals surface area contributed by atoms with Crippen molar-refractivity contribution in [3.8, 4) is 5.69 Å². The highest BCUT2D eigenvalue weighted by atomic mass is 35.5. The normalized spacial score (nSPS) is 10.7. The van der Waals surface area contributed by atoms with Crippen molar-refractivity contribution in [2.24, 2.45) is 5.73 Å². The highest BCUT2D eigenvalue weighted by Crippen LogP contribution is 2.21. The van der Waals surface area contributed by atoms with Crippen LogP contribution in [0.4, 0.5) is 0 Å². The number of nitrogens with one attached hydrogen (secondary N) is 1. The van der Waals surface area contributed by atoms with Crippen LogP contribution < -0.4 is 11.1 Å². The molecule has 0 aliphatic rings. The number of amides is 1. The molecular weight excluding hydrogens is 276 g/mol. The van der Waals surface area contributed by atoms with E-state index in [-0.39, 0.29) is 0 Å². The van der Waals surface area contributed by atoms with Crippen molar-refractivity contribution in [1.82, 2.24) is 15.1 Å². The number of benzene rings is 1. The van der Waals surface area contributed by atoms with Crippen LogP contribution in [0.25, 0.3) is 5.69 Å². The summed E-state index contributed by atoms with van der Waals surface area (Å²) >= 11 is 6.26. The average Bonchev–Trinajstić information content (AvgIpc) is 2.89. The van der Waals surface area contributed by atoms with Crippen molar-refractivity contribution in [2.45, 2.75) is 19.9 Å². The standard InChI is InChI=1S/C14H17ClN4O/c1-2-5-17-7-10-3-4-13(12(15)6-10)19-9-11(8-18-19)14(16)20/h3-4,6,8-9,17H,2,5,7H2,1H3,(H2,16,20). The predicted octanol–water partition coefficient (Wildman–Crippen LogP) is 2.12. The molecule has 3 N–H and O–H groups in total. The van der Waals surface area contributed by atoms with Crippen LogP contribution in [0, 0.1) is 0 Å².